The molecule has 8 heteroatoms. The van der Waals surface area contributed by atoms with Crippen LogP contribution in [0.15, 0.2) is 49.9 Å². The molecular weight excluding hydrogens is 352 g/mol. The van der Waals surface area contributed by atoms with E-state index in [0.717, 1.165) is 4.57 Å². The van der Waals surface area contributed by atoms with Gasteiger partial charge in [-0.15, -0.1) is 0 Å². The standard InChI is InChI=1S/C18H20N4O3S/c1-11(2)22-16(24)13-7-5-6-8-14(13)19-17(22)26-10-12-9-15(23)21(4)18(25)20(12)3/h5-9,11H,10H2,1-4H3. The summed E-state index contributed by atoms with van der Waals surface area (Å²) in [6.07, 6.45) is 0. The van der Waals surface area contributed by atoms with Gasteiger partial charge in [-0.3, -0.25) is 23.3 Å². The van der Waals surface area contributed by atoms with Gasteiger partial charge in [-0.2, -0.15) is 0 Å². The quantitative estimate of drug-likeness (QED) is 0.514. The normalized spacial score (nSPS) is 11.4. The van der Waals surface area contributed by atoms with E-state index in [-0.39, 0.29) is 22.9 Å². The molecule has 0 unspecified atom stereocenters. The van der Waals surface area contributed by atoms with Crippen LogP contribution in [-0.2, 0) is 19.8 Å². The van der Waals surface area contributed by atoms with Crippen molar-refractivity contribution in [3.8, 4) is 0 Å². The van der Waals surface area contributed by atoms with E-state index < -0.39 is 0 Å². The predicted molar refractivity (Wildman–Crippen MR) is 103 cm³/mol. The lowest BCUT2D eigenvalue weighted by Crippen LogP contribution is -2.37. The Morgan fingerprint density at radius 3 is 2.46 bits per heavy atom. The number of hydrogen-bond donors (Lipinski definition) is 0. The van der Waals surface area contributed by atoms with Crippen molar-refractivity contribution in [2.75, 3.05) is 0 Å². The van der Waals surface area contributed by atoms with E-state index in [9.17, 15) is 14.4 Å². The molecule has 0 saturated carbocycles. The molecule has 0 aliphatic carbocycles. The Morgan fingerprint density at radius 2 is 1.77 bits per heavy atom. The van der Waals surface area contributed by atoms with Gasteiger partial charge in [-0.25, -0.2) is 9.78 Å². The smallest absolute Gasteiger partial charge is 0.300 e. The van der Waals surface area contributed by atoms with Crippen LogP contribution in [0.3, 0.4) is 0 Å². The summed E-state index contributed by atoms with van der Waals surface area (Å²) in [6.45, 7) is 3.85. The second-order valence-electron chi connectivity index (χ2n) is 6.34. The maximum atomic E-state index is 12.8. The minimum absolute atomic E-state index is 0.0606. The fourth-order valence-electron chi connectivity index (χ4n) is 2.74. The molecule has 1 aromatic carbocycles. The lowest BCUT2D eigenvalue weighted by molar-refractivity contribution is 0.519. The summed E-state index contributed by atoms with van der Waals surface area (Å²) >= 11 is 1.34. The molecule has 0 amide bonds. The molecule has 0 spiro atoms. The number of benzene rings is 1. The zero-order valence-electron chi connectivity index (χ0n) is 15.1. The van der Waals surface area contributed by atoms with Gasteiger partial charge < -0.3 is 0 Å². The minimum Gasteiger partial charge on any atom is -0.300 e. The van der Waals surface area contributed by atoms with Crippen LogP contribution >= 0.6 is 11.8 Å². The van der Waals surface area contributed by atoms with Crippen molar-refractivity contribution in [2.24, 2.45) is 14.1 Å². The van der Waals surface area contributed by atoms with Crippen molar-refractivity contribution in [3.05, 3.63) is 67.2 Å². The van der Waals surface area contributed by atoms with Gasteiger partial charge >= 0.3 is 5.69 Å². The highest BCUT2D eigenvalue weighted by Crippen LogP contribution is 2.23. The van der Waals surface area contributed by atoms with Crippen molar-refractivity contribution in [3.63, 3.8) is 0 Å². The monoisotopic (exact) mass is 372 g/mol. The van der Waals surface area contributed by atoms with Crippen LogP contribution in [0.1, 0.15) is 25.6 Å². The van der Waals surface area contributed by atoms with E-state index in [2.05, 4.69) is 4.98 Å². The second-order valence-corrected chi connectivity index (χ2v) is 7.29. The molecule has 2 heterocycles. The molecule has 0 fully saturated rings. The largest absolute Gasteiger partial charge is 0.330 e. The van der Waals surface area contributed by atoms with Gasteiger partial charge in [0.1, 0.15) is 0 Å². The van der Waals surface area contributed by atoms with Crippen LogP contribution in [-0.4, -0.2) is 18.7 Å². The van der Waals surface area contributed by atoms with Gasteiger partial charge in [0, 0.05) is 37.7 Å². The fourth-order valence-corrected chi connectivity index (χ4v) is 3.89. The summed E-state index contributed by atoms with van der Waals surface area (Å²) in [7, 11) is 3.07. The van der Waals surface area contributed by atoms with Gasteiger partial charge in [0.2, 0.25) is 0 Å². The summed E-state index contributed by atoms with van der Waals surface area (Å²) < 4.78 is 4.14. The lowest BCUT2D eigenvalue weighted by atomic mass is 10.2. The number of hydrogen-bond acceptors (Lipinski definition) is 5. The third-order valence-corrected chi connectivity index (χ3v) is 5.25. The molecule has 0 bridgehead atoms. The Hall–Kier alpha value is -2.61. The Balaban J connectivity index is 2.07. The average molecular weight is 372 g/mol. The Labute approximate surface area is 153 Å². The van der Waals surface area contributed by atoms with E-state index in [1.807, 2.05) is 26.0 Å². The molecule has 0 aliphatic heterocycles. The van der Waals surface area contributed by atoms with E-state index >= 15 is 0 Å². The maximum Gasteiger partial charge on any atom is 0.330 e. The van der Waals surface area contributed by atoms with Crippen LogP contribution in [0.2, 0.25) is 0 Å². The summed E-state index contributed by atoms with van der Waals surface area (Å²) in [5, 5.41) is 1.14. The lowest BCUT2D eigenvalue weighted by Gasteiger charge is -2.16. The van der Waals surface area contributed by atoms with Gasteiger partial charge in [0.25, 0.3) is 11.1 Å². The molecule has 0 atom stereocenters. The second kappa shape index (κ2) is 6.95. The molecule has 7 nitrogen and oxygen atoms in total. The number of rotatable bonds is 4. The molecule has 0 saturated heterocycles. The van der Waals surface area contributed by atoms with Crippen molar-refractivity contribution < 1.29 is 0 Å². The highest BCUT2D eigenvalue weighted by atomic mass is 32.2. The number of nitrogens with zero attached hydrogens (tertiary/aromatic N) is 4. The number of para-hydroxylation sites is 1. The molecule has 3 aromatic rings. The van der Waals surface area contributed by atoms with Gasteiger partial charge in [-0.1, -0.05) is 23.9 Å². The average Bonchev–Trinajstić information content (AvgIpc) is 2.61. The fraction of sp³-hybridized carbons (Fsp3) is 0.333. The first-order chi connectivity index (χ1) is 12.3. The Bertz CT molecular complexity index is 1160. The van der Waals surface area contributed by atoms with Gasteiger partial charge in [0.05, 0.1) is 10.9 Å². The Morgan fingerprint density at radius 1 is 1.08 bits per heavy atom. The molecule has 26 heavy (non-hydrogen) atoms. The zero-order chi connectivity index (χ0) is 19.0. The van der Waals surface area contributed by atoms with Crippen molar-refractivity contribution in [2.45, 2.75) is 30.8 Å². The van der Waals surface area contributed by atoms with Gasteiger partial charge in [0.15, 0.2) is 5.16 Å². The Kier molecular flexibility index (Phi) is 4.86. The van der Waals surface area contributed by atoms with E-state index in [4.69, 9.17) is 0 Å². The van der Waals surface area contributed by atoms with E-state index in [1.54, 1.807) is 23.7 Å². The molecule has 0 aliphatic rings. The summed E-state index contributed by atoms with van der Waals surface area (Å²) in [6, 6.07) is 8.61. The van der Waals surface area contributed by atoms with Crippen LogP contribution in [0.4, 0.5) is 0 Å². The van der Waals surface area contributed by atoms with E-state index in [0.29, 0.717) is 27.5 Å². The first-order valence-corrected chi connectivity index (χ1v) is 9.20. The minimum atomic E-state index is -0.374. The predicted octanol–water partition coefficient (Wildman–Crippen LogP) is 1.67. The molecule has 0 radical (unpaired) electrons. The molecule has 2 aromatic heterocycles. The summed E-state index contributed by atoms with van der Waals surface area (Å²) in [5.41, 5.74) is 0.402. The highest BCUT2D eigenvalue weighted by molar-refractivity contribution is 7.98. The first kappa shape index (κ1) is 18.2. The number of fused-ring (bicyclic) bond motifs is 1. The van der Waals surface area contributed by atoms with Gasteiger partial charge in [-0.05, 0) is 26.0 Å². The van der Waals surface area contributed by atoms with Crippen LogP contribution in [0.25, 0.3) is 10.9 Å². The molecule has 3 rings (SSSR count). The summed E-state index contributed by atoms with van der Waals surface area (Å²) in [4.78, 5) is 41.4. The molecule has 0 N–H and O–H groups in total. The van der Waals surface area contributed by atoms with E-state index in [1.165, 1.54) is 29.4 Å². The zero-order valence-corrected chi connectivity index (χ0v) is 15.9. The van der Waals surface area contributed by atoms with Crippen molar-refractivity contribution >= 4 is 22.7 Å². The van der Waals surface area contributed by atoms with Crippen molar-refractivity contribution in [1.82, 2.24) is 18.7 Å². The van der Waals surface area contributed by atoms with Crippen molar-refractivity contribution in [1.29, 1.82) is 0 Å². The SMILES string of the molecule is CC(C)n1c(SCc2cc(=O)n(C)c(=O)n2C)nc2ccccc2c1=O. The molecule has 136 valence electrons. The highest BCUT2D eigenvalue weighted by Gasteiger charge is 2.15. The number of aromatic nitrogens is 4. The van der Waals surface area contributed by atoms with Crippen LogP contribution in [0, 0.1) is 0 Å². The molecular formula is C18H20N4O3S. The first-order valence-electron chi connectivity index (χ1n) is 8.21. The van der Waals surface area contributed by atoms with Crippen LogP contribution in [0.5, 0.6) is 0 Å². The third kappa shape index (κ3) is 3.12. The third-order valence-electron chi connectivity index (χ3n) is 4.27. The maximum absolute atomic E-state index is 12.8. The van der Waals surface area contributed by atoms with Crippen LogP contribution < -0.4 is 16.8 Å². The number of thioether (sulfide) groups is 1. The topological polar surface area (TPSA) is 78.9 Å². The summed E-state index contributed by atoms with van der Waals surface area (Å²) in [5.74, 6) is 0.360.